The molecule has 0 saturated carbocycles. The molecule has 152 valence electrons. The van der Waals surface area contributed by atoms with E-state index in [-0.39, 0.29) is 30.6 Å². The van der Waals surface area contributed by atoms with Crippen molar-refractivity contribution in [2.45, 2.75) is 20.5 Å². The zero-order chi connectivity index (χ0) is 21.0. The third-order valence-electron chi connectivity index (χ3n) is 4.28. The molecule has 1 fully saturated rings. The number of carbonyl (C=O) groups is 2. The second-order valence-electron chi connectivity index (χ2n) is 6.17. The van der Waals surface area contributed by atoms with Gasteiger partial charge in [-0.25, -0.2) is 9.18 Å². The summed E-state index contributed by atoms with van der Waals surface area (Å²) >= 11 is 3.46. The monoisotopic (exact) mass is 462 g/mol. The molecular weight excluding hydrogens is 443 g/mol. The Labute approximate surface area is 176 Å². The van der Waals surface area contributed by atoms with E-state index in [0.717, 1.165) is 4.90 Å². The number of carbonyl (C=O) groups excluding carboxylic acids is 2. The van der Waals surface area contributed by atoms with E-state index < -0.39 is 6.03 Å². The Morgan fingerprint density at radius 1 is 1.14 bits per heavy atom. The van der Waals surface area contributed by atoms with Crippen molar-refractivity contribution < 1.29 is 23.5 Å². The number of nitrogens with one attached hydrogen (secondary N) is 1. The summed E-state index contributed by atoms with van der Waals surface area (Å²) in [5.74, 6) is 0.146. The molecule has 0 bridgehead atoms. The summed E-state index contributed by atoms with van der Waals surface area (Å²) in [4.78, 5) is 25.3. The van der Waals surface area contributed by atoms with Gasteiger partial charge in [0.1, 0.15) is 18.1 Å². The lowest BCUT2D eigenvalue weighted by atomic mass is 10.1. The van der Waals surface area contributed by atoms with Crippen molar-refractivity contribution in [3.8, 4) is 11.5 Å². The molecule has 29 heavy (non-hydrogen) atoms. The van der Waals surface area contributed by atoms with Crippen molar-refractivity contribution in [2.24, 2.45) is 0 Å². The minimum atomic E-state index is -0.449. The number of halogens is 2. The standard InChI is InChI=1S/C21H20BrFN2O4/c1-3-25-20(26)17(24-21(25)27)9-14-10-18(28-4-2)19(11-15(14)22)29-12-13-7-5-6-8-16(13)23/h5-11H,3-4,12H2,1-2H3,(H,24,27)/b17-9+. The quantitative estimate of drug-likeness (QED) is 0.486. The number of rotatable bonds is 7. The molecule has 0 atom stereocenters. The summed E-state index contributed by atoms with van der Waals surface area (Å²) in [6.07, 6.45) is 1.57. The molecule has 0 unspecified atom stereocenters. The minimum Gasteiger partial charge on any atom is -0.490 e. The first-order chi connectivity index (χ1) is 13.9. The van der Waals surface area contributed by atoms with Crippen molar-refractivity contribution in [3.63, 3.8) is 0 Å². The van der Waals surface area contributed by atoms with Gasteiger partial charge in [0, 0.05) is 16.6 Å². The molecule has 8 heteroatoms. The second kappa shape index (κ2) is 9.09. The van der Waals surface area contributed by atoms with Crippen LogP contribution in [0.25, 0.3) is 6.08 Å². The smallest absolute Gasteiger partial charge is 0.328 e. The molecule has 0 radical (unpaired) electrons. The normalized spacial score (nSPS) is 15.0. The van der Waals surface area contributed by atoms with Crippen molar-refractivity contribution in [2.75, 3.05) is 13.2 Å². The van der Waals surface area contributed by atoms with E-state index in [4.69, 9.17) is 9.47 Å². The topological polar surface area (TPSA) is 67.9 Å². The fraction of sp³-hybridized carbons (Fsp3) is 0.238. The van der Waals surface area contributed by atoms with Crippen LogP contribution in [0, 0.1) is 5.82 Å². The van der Waals surface area contributed by atoms with Gasteiger partial charge in [-0.3, -0.25) is 9.69 Å². The maximum atomic E-state index is 13.8. The van der Waals surface area contributed by atoms with Gasteiger partial charge >= 0.3 is 6.03 Å². The molecule has 1 N–H and O–H groups in total. The van der Waals surface area contributed by atoms with E-state index in [1.807, 2.05) is 6.92 Å². The number of ether oxygens (including phenoxy) is 2. The zero-order valence-corrected chi connectivity index (χ0v) is 17.6. The summed E-state index contributed by atoms with van der Waals surface area (Å²) < 4.78 is 25.9. The molecule has 0 aliphatic carbocycles. The van der Waals surface area contributed by atoms with Crippen LogP contribution in [0.4, 0.5) is 9.18 Å². The predicted octanol–water partition coefficient (Wildman–Crippen LogP) is 4.48. The lowest BCUT2D eigenvalue weighted by Gasteiger charge is -2.14. The predicted molar refractivity (Wildman–Crippen MR) is 110 cm³/mol. The largest absolute Gasteiger partial charge is 0.490 e. The molecule has 1 saturated heterocycles. The number of hydrogen-bond acceptors (Lipinski definition) is 4. The highest BCUT2D eigenvalue weighted by Crippen LogP contribution is 2.35. The van der Waals surface area contributed by atoms with Gasteiger partial charge in [-0.15, -0.1) is 0 Å². The summed E-state index contributed by atoms with van der Waals surface area (Å²) in [5, 5.41) is 2.56. The number of imide groups is 1. The third kappa shape index (κ3) is 4.59. The van der Waals surface area contributed by atoms with Gasteiger partial charge in [-0.1, -0.05) is 34.1 Å². The van der Waals surface area contributed by atoms with Crippen molar-refractivity contribution in [1.29, 1.82) is 0 Å². The van der Waals surface area contributed by atoms with Crippen LogP contribution in [0.5, 0.6) is 11.5 Å². The van der Waals surface area contributed by atoms with Crippen LogP contribution in [0.1, 0.15) is 25.0 Å². The highest BCUT2D eigenvalue weighted by atomic mass is 79.9. The number of urea groups is 1. The SMILES string of the molecule is CCOc1cc(/C=C2/NC(=O)N(CC)C2=O)c(Br)cc1OCc1ccccc1F. The first-order valence-electron chi connectivity index (χ1n) is 9.11. The van der Waals surface area contributed by atoms with E-state index >= 15 is 0 Å². The van der Waals surface area contributed by atoms with Gasteiger partial charge in [-0.05, 0) is 43.7 Å². The Balaban J connectivity index is 1.88. The van der Waals surface area contributed by atoms with Crippen LogP contribution < -0.4 is 14.8 Å². The zero-order valence-electron chi connectivity index (χ0n) is 16.0. The Hall–Kier alpha value is -2.87. The number of amides is 3. The van der Waals surface area contributed by atoms with E-state index in [1.54, 1.807) is 43.3 Å². The van der Waals surface area contributed by atoms with Gasteiger partial charge in [-0.2, -0.15) is 0 Å². The van der Waals surface area contributed by atoms with Gasteiger partial charge in [0.05, 0.1) is 6.61 Å². The molecule has 0 aromatic heterocycles. The van der Waals surface area contributed by atoms with Crippen LogP contribution >= 0.6 is 15.9 Å². The molecule has 1 heterocycles. The molecule has 0 spiro atoms. The van der Waals surface area contributed by atoms with Crippen LogP contribution in [-0.4, -0.2) is 30.0 Å². The van der Waals surface area contributed by atoms with E-state index in [2.05, 4.69) is 21.2 Å². The molecule has 2 aromatic carbocycles. The van der Waals surface area contributed by atoms with E-state index in [1.165, 1.54) is 6.07 Å². The van der Waals surface area contributed by atoms with Crippen LogP contribution in [0.2, 0.25) is 0 Å². The first kappa shape index (κ1) is 20.9. The Morgan fingerprint density at radius 2 is 1.86 bits per heavy atom. The second-order valence-corrected chi connectivity index (χ2v) is 7.03. The molecular formula is C21H20BrFN2O4. The van der Waals surface area contributed by atoms with Crippen molar-refractivity contribution >= 4 is 33.9 Å². The summed E-state index contributed by atoms with van der Waals surface area (Å²) in [6, 6.07) is 9.32. The first-order valence-corrected chi connectivity index (χ1v) is 9.91. The van der Waals surface area contributed by atoms with Gasteiger partial charge in [0.25, 0.3) is 5.91 Å². The van der Waals surface area contributed by atoms with Gasteiger partial charge < -0.3 is 14.8 Å². The van der Waals surface area contributed by atoms with Gasteiger partial charge in [0.15, 0.2) is 11.5 Å². The molecule has 3 amide bonds. The van der Waals surface area contributed by atoms with Crippen LogP contribution in [-0.2, 0) is 11.4 Å². The molecule has 3 rings (SSSR count). The highest BCUT2D eigenvalue weighted by Gasteiger charge is 2.32. The fourth-order valence-electron chi connectivity index (χ4n) is 2.83. The minimum absolute atomic E-state index is 0.0413. The molecule has 6 nitrogen and oxygen atoms in total. The molecule has 2 aromatic rings. The van der Waals surface area contributed by atoms with Gasteiger partial charge in [0.2, 0.25) is 0 Å². The van der Waals surface area contributed by atoms with Crippen LogP contribution in [0.3, 0.4) is 0 Å². The summed E-state index contributed by atoms with van der Waals surface area (Å²) in [5.41, 5.74) is 1.24. The lowest BCUT2D eigenvalue weighted by Crippen LogP contribution is -2.30. The Kier molecular flexibility index (Phi) is 6.53. The number of nitrogens with zero attached hydrogens (tertiary/aromatic N) is 1. The Morgan fingerprint density at radius 3 is 2.52 bits per heavy atom. The maximum absolute atomic E-state index is 13.8. The maximum Gasteiger partial charge on any atom is 0.328 e. The van der Waals surface area contributed by atoms with E-state index in [9.17, 15) is 14.0 Å². The third-order valence-corrected chi connectivity index (χ3v) is 4.97. The number of hydrogen-bond donors (Lipinski definition) is 1. The van der Waals surface area contributed by atoms with Crippen molar-refractivity contribution in [3.05, 3.63) is 63.5 Å². The highest BCUT2D eigenvalue weighted by molar-refractivity contribution is 9.10. The Bertz CT molecular complexity index is 977. The molecule has 1 aliphatic rings. The number of benzene rings is 2. The summed E-state index contributed by atoms with van der Waals surface area (Å²) in [6.45, 7) is 4.29. The van der Waals surface area contributed by atoms with E-state index in [0.29, 0.717) is 33.7 Å². The van der Waals surface area contributed by atoms with Crippen LogP contribution in [0.15, 0.2) is 46.6 Å². The average molecular weight is 463 g/mol. The lowest BCUT2D eigenvalue weighted by molar-refractivity contribution is -0.122. The number of likely N-dealkylation sites (N-methyl/N-ethyl adjacent to an activating group) is 1. The average Bonchev–Trinajstić information content (AvgIpc) is 2.96. The van der Waals surface area contributed by atoms with Crippen molar-refractivity contribution in [1.82, 2.24) is 10.2 Å². The fourth-order valence-corrected chi connectivity index (χ4v) is 3.26. The summed E-state index contributed by atoms with van der Waals surface area (Å²) in [7, 11) is 0. The molecule has 1 aliphatic heterocycles.